The molecule has 17 heavy (non-hydrogen) atoms. The second-order valence-corrected chi connectivity index (χ2v) is 4.51. The molecule has 2 rings (SSSR count). The Labute approximate surface area is 110 Å². The van der Waals surface area contributed by atoms with Crippen molar-refractivity contribution in [2.45, 2.75) is 26.7 Å². The van der Waals surface area contributed by atoms with Crippen LogP contribution >= 0.6 is 23.2 Å². The Morgan fingerprint density at radius 2 is 1.76 bits per heavy atom. The fraction of sp³-hybridized carbons (Fsp3) is 0.333. The molecule has 0 atom stereocenters. The van der Waals surface area contributed by atoms with Crippen molar-refractivity contribution in [1.82, 2.24) is 14.8 Å². The molecule has 5 heteroatoms. The lowest BCUT2D eigenvalue weighted by Crippen LogP contribution is -2.03. The number of halogens is 2. The Kier molecular flexibility index (Phi) is 3.69. The molecule has 90 valence electrons. The quantitative estimate of drug-likeness (QED) is 0.851. The highest BCUT2D eigenvalue weighted by atomic mass is 35.5. The summed E-state index contributed by atoms with van der Waals surface area (Å²) in [7, 11) is 0. The Hall–Kier alpha value is -1.06. The molecule has 0 aliphatic rings. The van der Waals surface area contributed by atoms with E-state index in [4.69, 9.17) is 23.2 Å². The van der Waals surface area contributed by atoms with Gasteiger partial charge in [0.1, 0.15) is 5.69 Å². The van der Waals surface area contributed by atoms with Crippen LogP contribution < -0.4 is 0 Å². The fourth-order valence-corrected chi connectivity index (χ4v) is 2.22. The van der Waals surface area contributed by atoms with Crippen molar-refractivity contribution < 1.29 is 0 Å². The summed E-state index contributed by atoms with van der Waals surface area (Å²) in [5.74, 6) is 0. The molecular formula is C12H13Cl2N3. The predicted octanol–water partition coefficient (Wildman–Crippen LogP) is 3.70. The second-order valence-electron chi connectivity index (χ2n) is 3.70. The van der Waals surface area contributed by atoms with Gasteiger partial charge in [0.15, 0.2) is 0 Å². The first-order valence-corrected chi connectivity index (χ1v) is 6.30. The van der Waals surface area contributed by atoms with Crippen molar-refractivity contribution in [3.63, 3.8) is 0 Å². The van der Waals surface area contributed by atoms with E-state index in [2.05, 4.69) is 30.0 Å². The van der Waals surface area contributed by atoms with E-state index in [9.17, 15) is 0 Å². The molecule has 0 aliphatic heterocycles. The zero-order valence-corrected chi connectivity index (χ0v) is 11.3. The molecule has 0 N–H and O–H groups in total. The average molecular weight is 270 g/mol. The van der Waals surface area contributed by atoms with E-state index in [0.29, 0.717) is 15.7 Å². The van der Waals surface area contributed by atoms with E-state index in [1.807, 2.05) is 4.68 Å². The van der Waals surface area contributed by atoms with Crippen LogP contribution in [0.25, 0.3) is 5.69 Å². The first-order valence-electron chi connectivity index (χ1n) is 5.54. The lowest BCUT2D eigenvalue weighted by atomic mass is 10.2. The number of hydrogen-bond donors (Lipinski definition) is 0. The first-order chi connectivity index (χ1) is 8.17. The number of aryl methyl sites for hydroxylation is 2. The van der Waals surface area contributed by atoms with E-state index >= 15 is 0 Å². The van der Waals surface area contributed by atoms with Crippen molar-refractivity contribution in [3.8, 4) is 5.69 Å². The van der Waals surface area contributed by atoms with Crippen LogP contribution in [0, 0.1) is 0 Å². The van der Waals surface area contributed by atoms with Crippen LogP contribution in [0.1, 0.15) is 25.2 Å². The molecule has 0 saturated carbocycles. The molecule has 0 amide bonds. The summed E-state index contributed by atoms with van der Waals surface area (Å²) >= 11 is 12.3. The summed E-state index contributed by atoms with van der Waals surface area (Å²) in [4.78, 5) is 3.95. The van der Waals surface area contributed by atoms with Crippen molar-refractivity contribution in [2.75, 3.05) is 0 Å². The third-order valence-electron chi connectivity index (χ3n) is 2.60. The molecule has 0 spiro atoms. The van der Waals surface area contributed by atoms with Gasteiger partial charge in [0.2, 0.25) is 0 Å². The minimum absolute atomic E-state index is 0.512. The molecular weight excluding hydrogens is 257 g/mol. The van der Waals surface area contributed by atoms with Gasteiger partial charge in [-0.25, -0.2) is 4.68 Å². The molecule has 0 bridgehead atoms. The maximum atomic E-state index is 6.14. The van der Waals surface area contributed by atoms with Gasteiger partial charge in [0, 0.05) is 18.1 Å². The molecule has 3 nitrogen and oxygen atoms in total. The molecule has 0 aliphatic carbocycles. The maximum Gasteiger partial charge on any atom is 0.105 e. The van der Waals surface area contributed by atoms with Crippen molar-refractivity contribution in [2.24, 2.45) is 0 Å². The zero-order valence-electron chi connectivity index (χ0n) is 9.74. The van der Waals surface area contributed by atoms with Gasteiger partial charge in [-0.15, -0.1) is 0 Å². The number of nitrogens with zero attached hydrogens (tertiary/aromatic N) is 3. The number of aromatic nitrogens is 3. The summed E-state index contributed by atoms with van der Waals surface area (Å²) in [6.07, 6.45) is 4.92. The molecule has 0 fully saturated rings. The molecule has 2 heterocycles. The lowest BCUT2D eigenvalue weighted by Gasteiger charge is -2.09. The van der Waals surface area contributed by atoms with Crippen LogP contribution in [0.5, 0.6) is 0 Å². The van der Waals surface area contributed by atoms with Gasteiger partial charge in [-0.2, -0.15) is 5.10 Å². The molecule has 0 radical (unpaired) electrons. The van der Waals surface area contributed by atoms with E-state index in [1.54, 1.807) is 12.4 Å². The Morgan fingerprint density at radius 3 is 2.29 bits per heavy atom. The van der Waals surface area contributed by atoms with Gasteiger partial charge in [-0.05, 0) is 18.9 Å². The van der Waals surface area contributed by atoms with Crippen LogP contribution in [-0.4, -0.2) is 14.8 Å². The second kappa shape index (κ2) is 5.07. The van der Waals surface area contributed by atoms with Gasteiger partial charge in [0.25, 0.3) is 0 Å². The van der Waals surface area contributed by atoms with Crippen LogP contribution in [0.4, 0.5) is 0 Å². The van der Waals surface area contributed by atoms with Gasteiger partial charge in [-0.1, -0.05) is 37.0 Å². The maximum absolute atomic E-state index is 6.14. The van der Waals surface area contributed by atoms with E-state index in [1.165, 1.54) is 0 Å². The highest BCUT2D eigenvalue weighted by Gasteiger charge is 2.13. The summed E-state index contributed by atoms with van der Waals surface area (Å²) in [6, 6.07) is 2.08. The minimum atomic E-state index is 0.512. The average Bonchev–Trinajstić information content (AvgIpc) is 2.72. The highest BCUT2D eigenvalue weighted by Crippen LogP contribution is 2.28. The Bertz CT molecular complexity index is 514. The van der Waals surface area contributed by atoms with E-state index < -0.39 is 0 Å². The SMILES string of the molecule is CCc1cc(CC)n(-c2c(Cl)cncc2Cl)n1. The topological polar surface area (TPSA) is 30.7 Å². The molecule has 0 saturated heterocycles. The molecule has 0 unspecified atom stereocenters. The highest BCUT2D eigenvalue weighted by molar-refractivity contribution is 6.37. The van der Waals surface area contributed by atoms with Gasteiger partial charge in [0.05, 0.1) is 15.7 Å². The Morgan fingerprint density at radius 1 is 1.12 bits per heavy atom. The van der Waals surface area contributed by atoms with Gasteiger partial charge < -0.3 is 0 Å². The van der Waals surface area contributed by atoms with Crippen LogP contribution in [-0.2, 0) is 12.8 Å². The van der Waals surface area contributed by atoms with Crippen LogP contribution in [0.2, 0.25) is 10.0 Å². The van der Waals surface area contributed by atoms with E-state index in [-0.39, 0.29) is 0 Å². The normalized spacial score (nSPS) is 10.8. The number of hydrogen-bond acceptors (Lipinski definition) is 2. The summed E-state index contributed by atoms with van der Waals surface area (Å²) in [5.41, 5.74) is 2.84. The minimum Gasteiger partial charge on any atom is -0.261 e. The van der Waals surface area contributed by atoms with Crippen molar-refractivity contribution in [1.29, 1.82) is 0 Å². The summed E-state index contributed by atoms with van der Waals surface area (Å²) < 4.78 is 1.81. The van der Waals surface area contributed by atoms with Gasteiger partial charge in [-0.3, -0.25) is 4.98 Å². The molecule has 0 aromatic carbocycles. The molecule has 2 aromatic rings. The van der Waals surface area contributed by atoms with Crippen LogP contribution in [0.15, 0.2) is 18.5 Å². The van der Waals surface area contributed by atoms with Crippen molar-refractivity contribution in [3.05, 3.63) is 39.9 Å². The zero-order chi connectivity index (χ0) is 12.4. The third kappa shape index (κ3) is 2.31. The monoisotopic (exact) mass is 269 g/mol. The first kappa shape index (κ1) is 12.4. The van der Waals surface area contributed by atoms with Crippen LogP contribution in [0.3, 0.4) is 0 Å². The number of pyridine rings is 1. The summed E-state index contributed by atoms with van der Waals surface area (Å²) in [5, 5.41) is 5.54. The summed E-state index contributed by atoms with van der Waals surface area (Å²) in [6.45, 7) is 4.15. The third-order valence-corrected chi connectivity index (χ3v) is 3.15. The predicted molar refractivity (Wildman–Crippen MR) is 70.1 cm³/mol. The van der Waals surface area contributed by atoms with Crippen molar-refractivity contribution >= 4 is 23.2 Å². The Balaban J connectivity index is 2.63. The van der Waals surface area contributed by atoms with Gasteiger partial charge >= 0.3 is 0 Å². The van der Waals surface area contributed by atoms with E-state index in [0.717, 1.165) is 24.2 Å². The largest absolute Gasteiger partial charge is 0.261 e. The lowest BCUT2D eigenvalue weighted by molar-refractivity contribution is 0.793. The smallest absolute Gasteiger partial charge is 0.105 e. The fourth-order valence-electron chi connectivity index (χ4n) is 1.70. The standard InChI is InChI=1S/C12H13Cl2N3/c1-3-8-5-9(4-2)17(16-8)12-10(13)6-15-7-11(12)14/h5-7H,3-4H2,1-2H3. The molecule has 2 aromatic heterocycles. The number of rotatable bonds is 3.